The molecule has 5 nitrogen and oxygen atoms in total. The molecule has 2 aliphatic rings. The molecule has 2 fully saturated rings. The minimum Gasteiger partial charge on any atom is -0.352 e. The van der Waals surface area contributed by atoms with Gasteiger partial charge in [0.05, 0.1) is 11.9 Å². The minimum atomic E-state index is -0.270. The Kier molecular flexibility index (Phi) is 4.53. The van der Waals surface area contributed by atoms with E-state index in [1.54, 1.807) is 18.3 Å². The molecule has 1 aromatic carbocycles. The number of likely N-dealkylation sites (tertiary alicyclic amines) is 1. The zero-order valence-corrected chi connectivity index (χ0v) is 14.2. The number of H-pyrrole nitrogens is 1. The average Bonchev–Trinajstić information content (AvgIpc) is 3.35. The van der Waals surface area contributed by atoms with Crippen molar-refractivity contribution in [3.05, 3.63) is 41.8 Å². The predicted octanol–water partition coefficient (Wildman–Crippen LogP) is 2.71. The zero-order valence-electron chi connectivity index (χ0n) is 14.2. The van der Waals surface area contributed by atoms with Crippen LogP contribution in [0.15, 0.2) is 30.5 Å². The number of nitrogens with zero attached hydrogens (tertiary/aromatic N) is 2. The topological polar surface area (TPSA) is 61.0 Å². The molecule has 1 aliphatic heterocycles. The Hall–Kier alpha value is -2.21. The minimum absolute atomic E-state index is 0.0639. The highest BCUT2D eigenvalue weighted by atomic mass is 19.1. The van der Waals surface area contributed by atoms with E-state index in [-0.39, 0.29) is 11.7 Å². The molecule has 1 saturated carbocycles. The van der Waals surface area contributed by atoms with Gasteiger partial charge in [0.25, 0.3) is 0 Å². The molecule has 2 bridgehead atoms. The molecule has 0 spiro atoms. The lowest BCUT2D eigenvalue weighted by molar-refractivity contribution is -0.121. The van der Waals surface area contributed by atoms with Gasteiger partial charge in [0, 0.05) is 43.2 Å². The maximum atomic E-state index is 13.1. The van der Waals surface area contributed by atoms with Crippen molar-refractivity contribution < 1.29 is 9.18 Å². The van der Waals surface area contributed by atoms with Crippen LogP contribution < -0.4 is 5.32 Å². The van der Waals surface area contributed by atoms with Crippen molar-refractivity contribution in [2.75, 3.05) is 13.1 Å². The van der Waals surface area contributed by atoms with E-state index in [1.165, 1.54) is 31.4 Å². The molecule has 4 rings (SSSR count). The Labute approximate surface area is 146 Å². The van der Waals surface area contributed by atoms with Crippen molar-refractivity contribution in [2.45, 2.75) is 38.3 Å². The van der Waals surface area contributed by atoms with Crippen molar-refractivity contribution in [1.82, 2.24) is 20.4 Å². The van der Waals surface area contributed by atoms with Crippen LogP contribution in [0.25, 0.3) is 11.3 Å². The number of amides is 1. The van der Waals surface area contributed by atoms with Gasteiger partial charge in [-0.15, -0.1) is 0 Å². The number of fused-ring (bicyclic) bond motifs is 2. The monoisotopic (exact) mass is 342 g/mol. The highest BCUT2D eigenvalue weighted by Gasteiger charge is 2.37. The van der Waals surface area contributed by atoms with Gasteiger partial charge in [0.15, 0.2) is 0 Å². The molecule has 1 aliphatic carbocycles. The van der Waals surface area contributed by atoms with Crippen LogP contribution in [0, 0.1) is 11.7 Å². The molecule has 1 aromatic heterocycles. The van der Waals surface area contributed by atoms with E-state index < -0.39 is 0 Å². The van der Waals surface area contributed by atoms with Crippen LogP contribution in [-0.4, -0.2) is 40.1 Å². The van der Waals surface area contributed by atoms with Crippen LogP contribution >= 0.6 is 0 Å². The van der Waals surface area contributed by atoms with Crippen molar-refractivity contribution in [1.29, 1.82) is 0 Å². The number of aromatic amines is 1. The predicted molar refractivity (Wildman–Crippen MR) is 93.1 cm³/mol. The first kappa shape index (κ1) is 16.3. The van der Waals surface area contributed by atoms with Gasteiger partial charge in [-0.3, -0.25) is 14.8 Å². The van der Waals surface area contributed by atoms with E-state index >= 15 is 0 Å². The van der Waals surface area contributed by atoms with Crippen LogP contribution in [0.1, 0.15) is 31.2 Å². The summed E-state index contributed by atoms with van der Waals surface area (Å²) in [7, 11) is 0. The smallest absolute Gasteiger partial charge is 0.221 e. The fourth-order valence-corrected chi connectivity index (χ4v) is 4.14. The van der Waals surface area contributed by atoms with Crippen molar-refractivity contribution in [3.63, 3.8) is 0 Å². The van der Waals surface area contributed by atoms with Gasteiger partial charge in [0.1, 0.15) is 5.82 Å². The molecule has 1 saturated heterocycles. The highest BCUT2D eigenvalue weighted by molar-refractivity contribution is 5.76. The molecule has 2 aromatic rings. The number of hydrogen-bond acceptors (Lipinski definition) is 3. The maximum absolute atomic E-state index is 13.1. The summed E-state index contributed by atoms with van der Waals surface area (Å²) in [5, 5.41) is 9.96. The summed E-state index contributed by atoms with van der Waals surface area (Å²) in [5.74, 6) is 0.653. The Balaban J connectivity index is 1.29. The lowest BCUT2D eigenvalue weighted by Gasteiger charge is -2.26. The van der Waals surface area contributed by atoms with Crippen molar-refractivity contribution in [3.8, 4) is 11.3 Å². The molecule has 25 heavy (non-hydrogen) atoms. The largest absolute Gasteiger partial charge is 0.352 e. The SMILES string of the molecule is O=C(CCN1C[C@@H]2CC[C@H]1C2)NCc1cn[nH]c1-c1ccc(F)cc1. The van der Waals surface area contributed by atoms with E-state index in [0.29, 0.717) is 19.0 Å². The normalized spacial score (nSPS) is 22.4. The number of carbonyl (C=O) groups is 1. The highest BCUT2D eigenvalue weighted by Crippen LogP contribution is 2.37. The van der Waals surface area contributed by atoms with Gasteiger partial charge in [-0.25, -0.2) is 4.39 Å². The number of halogens is 1. The second kappa shape index (κ2) is 6.96. The third-order valence-electron chi connectivity index (χ3n) is 5.48. The van der Waals surface area contributed by atoms with E-state index in [1.807, 2.05) is 0 Å². The summed E-state index contributed by atoms with van der Waals surface area (Å²) in [6, 6.07) is 6.95. The third kappa shape index (κ3) is 3.58. The van der Waals surface area contributed by atoms with Crippen LogP contribution in [0.3, 0.4) is 0 Å². The number of aromatic nitrogens is 2. The Bertz CT molecular complexity index is 742. The summed E-state index contributed by atoms with van der Waals surface area (Å²) in [4.78, 5) is 14.6. The molecular weight excluding hydrogens is 319 g/mol. The molecule has 0 unspecified atom stereocenters. The van der Waals surface area contributed by atoms with Gasteiger partial charge in [-0.1, -0.05) is 0 Å². The van der Waals surface area contributed by atoms with Crippen molar-refractivity contribution in [2.24, 2.45) is 5.92 Å². The summed E-state index contributed by atoms with van der Waals surface area (Å²) < 4.78 is 13.1. The molecule has 2 N–H and O–H groups in total. The number of nitrogens with one attached hydrogen (secondary N) is 2. The van der Waals surface area contributed by atoms with E-state index in [4.69, 9.17) is 0 Å². The Morgan fingerprint density at radius 2 is 2.16 bits per heavy atom. The van der Waals surface area contributed by atoms with Gasteiger partial charge in [0.2, 0.25) is 5.91 Å². The number of rotatable bonds is 6. The summed E-state index contributed by atoms with van der Waals surface area (Å²) in [6.07, 6.45) is 6.21. The summed E-state index contributed by atoms with van der Waals surface area (Å²) >= 11 is 0. The van der Waals surface area contributed by atoms with Crippen LogP contribution in [0.2, 0.25) is 0 Å². The maximum Gasteiger partial charge on any atom is 0.221 e. The Morgan fingerprint density at radius 3 is 2.88 bits per heavy atom. The average molecular weight is 342 g/mol. The fourth-order valence-electron chi connectivity index (χ4n) is 4.14. The zero-order chi connectivity index (χ0) is 17.2. The second-order valence-corrected chi connectivity index (χ2v) is 7.13. The number of hydrogen-bond donors (Lipinski definition) is 2. The molecular formula is C19H23FN4O. The number of carbonyl (C=O) groups excluding carboxylic acids is 1. The quantitative estimate of drug-likeness (QED) is 0.848. The molecule has 132 valence electrons. The van der Waals surface area contributed by atoms with Gasteiger partial charge in [-0.2, -0.15) is 5.10 Å². The van der Waals surface area contributed by atoms with E-state index in [0.717, 1.165) is 35.8 Å². The van der Waals surface area contributed by atoms with Gasteiger partial charge >= 0.3 is 0 Å². The Morgan fingerprint density at radius 1 is 1.32 bits per heavy atom. The first-order valence-corrected chi connectivity index (χ1v) is 8.98. The van der Waals surface area contributed by atoms with Crippen LogP contribution in [0.5, 0.6) is 0 Å². The molecule has 0 radical (unpaired) electrons. The first-order valence-electron chi connectivity index (χ1n) is 8.98. The molecule has 1 amide bonds. The third-order valence-corrected chi connectivity index (χ3v) is 5.48. The van der Waals surface area contributed by atoms with Gasteiger partial charge < -0.3 is 5.32 Å². The first-order chi connectivity index (χ1) is 12.2. The lowest BCUT2D eigenvalue weighted by Crippen LogP contribution is -2.35. The fraction of sp³-hybridized carbons (Fsp3) is 0.474. The lowest BCUT2D eigenvalue weighted by atomic mass is 10.1. The standard InChI is InChI=1S/C19H23FN4O/c20-16-4-2-14(3-5-16)19-15(11-22-23-19)10-21-18(25)7-8-24-12-13-1-6-17(24)9-13/h2-5,11,13,17H,1,6-10,12H2,(H,21,25)(H,22,23)/t13-,17+/m1/s1. The van der Waals surface area contributed by atoms with Crippen molar-refractivity contribution >= 4 is 5.91 Å². The number of piperidine rings is 1. The van der Waals surface area contributed by atoms with E-state index in [2.05, 4.69) is 20.4 Å². The molecule has 2 atom stereocenters. The van der Waals surface area contributed by atoms with Gasteiger partial charge in [-0.05, 0) is 49.4 Å². The second-order valence-electron chi connectivity index (χ2n) is 7.13. The molecule has 2 heterocycles. The van der Waals surface area contributed by atoms with E-state index in [9.17, 15) is 9.18 Å². The number of benzene rings is 1. The molecule has 6 heteroatoms. The summed E-state index contributed by atoms with van der Waals surface area (Å²) in [5.41, 5.74) is 2.58. The van der Waals surface area contributed by atoms with Crippen LogP contribution in [0.4, 0.5) is 4.39 Å². The van der Waals surface area contributed by atoms with Crippen LogP contribution in [-0.2, 0) is 11.3 Å². The summed E-state index contributed by atoms with van der Waals surface area (Å²) in [6.45, 7) is 2.44.